The second-order valence-corrected chi connectivity index (χ2v) is 6.71. The Bertz CT molecular complexity index is 379. The summed E-state index contributed by atoms with van der Waals surface area (Å²) in [6.07, 6.45) is 0. The predicted octanol–water partition coefficient (Wildman–Crippen LogP) is -14.1. The van der Waals surface area contributed by atoms with Gasteiger partial charge in [0, 0.05) is 89.8 Å². The van der Waals surface area contributed by atoms with Crippen molar-refractivity contribution in [3.05, 3.63) is 0 Å². The van der Waals surface area contributed by atoms with Gasteiger partial charge in [-0.05, 0) is 0 Å². The van der Waals surface area contributed by atoms with Gasteiger partial charge >= 0.3 is 0 Å². The summed E-state index contributed by atoms with van der Waals surface area (Å²) in [4.78, 5) is 128. The van der Waals surface area contributed by atoms with Gasteiger partial charge in [0.05, 0.1) is 0 Å². The summed E-state index contributed by atoms with van der Waals surface area (Å²) in [7, 11) is -26.9. The second-order valence-electron chi connectivity index (χ2n) is 2.24. The SMILES string of the molecule is O=P([O-])([O-])[O-].O=P([O-])([O-])[O-].O=P([O-])([O-])[O-].O=P([O-])([O-])[O-].O=P([O-])([O-])[O-].[Np].[Np].[Np]. The van der Waals surface area contributed by atoms with Crippen molar-refractivity contribution in [1.29, 1.82) is 0 Å². The van der Waals surface area contributed by atoms with Crippen molar-refractivity contribution in [2.75, 3.05) is 0 Å². The zero-order valence-corrected chi connectivity index (χ0v) is 27.4. The smallest absolute Gasteiger partial charge is 0 e. The van der Waals surface area contributed by atoms with Gasteiger partial charge in [-0.25, -0.2) is 0 Å². The molecule has 0 aromatic heterocycles. The van der Waals surface area contributed by atoms with Crippen molar-refractivity contribution in [3.8, 4) is 0 Å². The van der Waals surface area contributed by atoms with E-state index < -0.39 is 39.1 Å². The van der Waals surface area contributed by atoms with Gasteiger partial charge in [-0.15, -0.1) is 0 Å². The largest absolute Gasteiger partial charge is 0.822 e. The minimum Gasteiger partial charge on any atom is -0.822 e. The third-order valence-electron chi connectivity index (χ3n) is 0. The minimum absolute atomic E-state index is 0. The Morgan fingerprint density at radius 1 is 0.250 bits per heavy atom. The van der Waals surface area contributed by atoms with E-state index >= 15 is 0 Å². The van der Waals surface area contributed by atoms with Gasteiger partial charge in [-0.2, -0.15) is 39.1 Å². The van der Waals surface area contributed by atoms with Crippen LogP contribution in [0.1, 0.15) is 0 Å². The fourth-order valence-electron chi connectivity index (χ4n) is 0. The average Bonchev–Trinajstić information content (AvgIpc) is 1.79. The molecule has 0 aliphatic rings. The first-order valence-corrected chi connectivity index (χ1v) is 11.0. The summed E-state index contributed by atoms with van der Waals surface area (Å²) < 4.78 is 42.7. The molecule has 175 valence electrons. The average molecular weight is 1190 g/mol. The van der Waals surface area contributed by atoms with Gasteiger partial charge in [0.15, 0.2) is 0 Å². The predicted molar refractivity (Wildman–Crippen MR) is 38.0 cm³/mol. The Hall–Kier alpha value is 3.59. The van der Waals surface area contributed by atoms with E-state index in [1.165, 1.54) is 0 Å². The molecule has 0 heterocycles. The molecular weight excluding hydrogens is 1190 g/mol. The molecule has 20 nitrogen and oxygen atoms in total. The number of hydrogen-bond acceptors (Lipinski definition) is 20. The van der Waals surface area contributed by atoms with E-state index in [2.05, 4.69) is 0 Å². The van der Waals surface area contributed by atoms with Crippen molar-refractivity contribution >= 4 is 39.1 Å². The molecule has 0 aliphatic carbocycles. The van der Waals surface area contributed by atoms with Crippen molar-refractivity contribution in [3.63, 3.8) is 0 Å². The molecule has 0 bridgehead atoms. The molecule has 0 aromatic rings. The van der Waals surface area contributed by atoms with Crippen LogP contribution in [-0.2, 0) is 22.8 Å². The molecule has 0 spiro atoms. The summed E-state index contributed by atoms with van der Waals surface area (Å²) in [6, 6.07) is 0. The molecule has 28 heavy (non-hydrogen) atoms. The molecule has 0 atom stereocenters. The van der Waals surface area contributed by atoms with Gasteiger partial charge in [0.1, 0.15) is 0 Å². The maximum atomic E-state index is 8.55. The van der Waals surface area contributed by atoms with Crippen LogP contribution >= 0.6 is 39.1 Å². The molecule has 3 radical (unpaired) electrons. The van der Waals surface area contributed by atoms with Crippen LogP contribution in [0, 0.1) is 89.8 Å². The molecule has 0 saturated carbocycles. The maximum absolute atomic E-state index is 8.55. The zero-order valence-electron chi connectivity index (χ0n) is 11.7. The quantitative estimate of drug-likeness (QED) is 0.203. The summed E-state index contributed by atoms with van der Waals surface area (Å²) in [5.74, 6) is 0. The van der Waals surface area contributed by atoms with Crippen LogP contribution in [0.15, 0.2) is 0 Å². The second kappa shape index (κ2) is 23.7. The van der Waals surface area contributed by atoms with Gasteiger partial charge in [-0.1, -0.05) is 0 Å². The van der Waals surface area contributed by atoms with Crippen LogP contribution < -0.4 is 73.4 Å². The summed E-state index contributed by atoms with van der Waals surface area (Å²) in [6.45, 7) is 0. The van der Waals surface area contributed by atoms with Gasteiger partial charge < -0.3 is 96.2 Å². The molecule has 0 rings (SSSR count). The normalized spacial score (nSPS) is 10.5. The van der Waals surface area contributed by atoms with Crippen LogP contribution in [0.5, 0.6) is 0 Å². The molecule has 0 fully saturated rings. The van der Waals surface area contributed by atoms with Crippen LogP contribution in [0.25, 0.3) is 0 Å². The van der Waals surface area contributed by atoms with E-state index in [0.717, 1.165) is 0 Å². The molecule has 0 aliphatic heterocycles. The van der Waals surface area contributed by atoms with Gasteiger partial charge in [0.2, 0.25) is 0 Å². The summed E-state index contributed by atoms with van der Waals surface area (Å²) in [5, 5.41) is 0. The van der Waals surface area contributed by atoms with E-state index in [-0.39, 0.29) is 89.8 Å². The number of rotatable bonds is 0. The summed E-state index contributed by atoms with van der Waals surface area (Å²) in [5.41, 5.74) is 0. The monoisotopic (exact) mass is 1180 g/mol. The first-order chi connectivity index (χ1) is 10.0. The first-order valence-electron chi connectivity index (χ1n) is 3.65. The molecule has 0 unspecified atom stereocenters. The van der Waals surface area contributed by atoms with Crippen molar-refractivity contribution in [2.45, 2.75) is 0 Å². The fraction of sp³-hybridized carbons (Fsp3) is 0. The van der Waals surface area contributed by atoms with E-state index in [0.29, 0.717) is 0 Å². The fourth-order valence-corrected chi connectivity index (χ4v) is 0. The molecule has 0 saturated heterocycles. The van der Waals surface area contributed by atoms with Gasteiger partial charge in [0.25, 0.3) is 0 Å². The molecule has 0 amide bonds. The third-order valence-corrected chi connectivity index (χ3v) is 0. The molecule has 0 N–H and O–H groups in total. The molecule has 28 heteroatoms. The standard InChI is InChI=1S/3Np.5H3O4P/c;;;5*1-5(2,3)4/h;;;5*(H3,1,2,3,4)/p-15. The van der Waals surface area contributed by atoms with E-state index in [9.17, 15) is 0 Å². The first kappa shape index (κ1) is 53.1. The Morgan fingerprint density at radius 2 is 0.250 bits per heavy atom. The molecular formula is Np3O20P5-15. The van der Waals surface area contributed by atoms with Crippen molar-refractivity contribution in [2.24, 2.45) is 0 Å². The number of phosphoric acid groups is 5. The zero-order chi connectivity index (χ0) is 22.5. The minimum atomic E-state index is -5.39. The third kappa shape index (κ3) is 1880. The Balaban J connectivity index is -0.0000000290. The maximum Gasteiger partial charge on any atom is 0 e. The van der Waals surface area contributed by atoms with E-state index in [1.807, 2.05) is 0 Å². The van der Waals surface area contributed by atoms with Crippen LogP contribution in [0.4, 0.5) is 0 Å². The topological polar surface area (TPSA) is 431 Å². The Kier molecular flexibility index (Phi) is 45.0. The Morgan fingerprint density at radius 3 is 0.250 bits per heavy atom. The van der Waals surface area contributed by atoms with E-state index in [4.69, 9.17) is 96.2 Å². The Labute approximate surface area is 222 Å². The van der Waals surface area contributed by atoms with Crippen molar-refractivity contribution < 1.29 is 186 Å². The van der Waals surface area contributed by atoms with Crippen LogP contribution in [0.2, 0.25) is 0 Å². The van der Waals surface area contributed by atoms with Gasteiger partial charge in [-0.3, -0.25) is 0 Å². The van der Waals surface area contributed by atoms with Crippen LogP contribution in [0.3, 0.4) is 0 Å². The summed E-state index contributed by atoms with van der Waals surface area (Å²) >= 11 is 0. The van der Waals surface area contributed by atoms with E-state index in [1.54, 1.807) is 0 Å². The molecule has 0 aromatic carbocycles. The van der Waals surface area contributed by atoms with Crippen LogP contribution in [-0.4, -0.2) is 0 Å². The van der Waals surface area contributed by atoms with Crippen molar-refractivity contribution in [1.82, 2.24) is 0 Å². The number of hydrogen-bond donors (Lipinski definition) is 0.